The first-order chi connectivity index (χ1) is 13.9. The molecule has 1 aliphatic heterocycles. The second-order valence-corrected chi connectivity index (χ2v) is 8.33. The summed E-state index contributed by atoms with van der Waals surface area (Å²) in [5.41, 5.74) is 2.06. The number of thiophene rings is 1. The highest BCUT2D eigenvalue weighted by Crippen LogP contribution is 2.25. The van der Waals surface area contributed by atoms with E-state index >= 15 is 0 Å². The van der Waals surface area contributed by atoms with Crippen LogP contribution in [0.5, 0.6) is 0 Å². The topological polar surface area (TPSA) is 112 Å². The Morgan fingerprint density at radius 3 is 2.79 bits per heavy atom. The van der Waals surface area contributed by atoms with Crippen molar-refractivity contribution < 1.29 is 4.79 Å². The number of hydrogen-bond donors (Lipinski definition) is 3. The number of aromatic nitrogens is 3. The van der Waals surface area contributed by atoms with Crippen LogP contribution in [0.2, 0.25) is 0 Å². The number of rotatable bonds is 5. The zero-order chi connectivity index (χ0) is 20.7. The van der Waals surface area contributed by atoms with Crippen molar-refractivity contribution in [2.75, 3.05) is 25.5 Å². The van der Waals surface area contributed by atoms with Crippen molar-refractivity contribution in [1.29, 1.82) is 0 Å². The van der Waals surface area contributed by atoms with Gasteiger partial charge in [-0.15, -0.1) is 11.3 Å². The number of nitrogens with one attached hydrogen (secondary N) is 3. The van der Waals surface area contributed by atoms with Crippen molar-refractivity contribution in [2.24, 2.45) is 7.05 Å². The minimum absolute atomic E-state index is 0.200. The summed E-state index contributed by atoms with van der Waals surface area (Å²) in [6.45, 7) is 4.33. The molecule has 1 amide bonds. The SMILES string of the molecule is CNC(=O)c1ccc(NC2CN(Cc3cc4[nH]c(=O)n(C)c(=O)c4s3)C2)c(C)n1. The number of carbonyl (C=O) groups is 1. The maximum atomic E-state index is 12.2. The molecule has 4 heterocycles. The molecule has 4 rings (SSSR count). The van der Waals surface area contributed by atoms with Gasteiger partial charge in [-0.05, 0) is 25.1 Å². The molecule has 0 radical (unpaired) electrons. The molecule has 3 aromatic rings. The third-order valence-corrected chi connectivity index (χ3v) is 6.18. The van der Waals surface area contributed by atoms with Gasteiger partial charge < -0.3 is 15.6 Å². The molecule has 9 nitrogen and oxygen atoms in total. The summed E-state index contributed by atoms with van der Waals surface area (Å²) < 4.78 is 1.67. The molecular weight excluding hydrogens is 392 g/mol. The van der Waals surface area contributed by atoms with E-state index < -0.39 is 5.69 Å². The van der Waals surface area contributed by atoms with E-state index in [1.807, 2.05) is 19.1 Å². The highest BCUT2D eigenvalue weighted by Gasteiger charge is 2.27. The number of likely N-dealkylation sites (tertiary alicyclic amines) is 1. The second kappa shape index (κ2) is 7.45. The molecule has 3 N–H and O–H groups in total. The first kappa shape index (κ1) is 19.3. The highest BCUT2D eigenvalue weighted by molar-refractivity contribution is 7.18. The van der Waals surface area contributed by atoms with Crippen molar-refractivity contribution in [2.45, 2.75) is 19.5 Å². The summed E-state index contributed by atoms with van der Waals surface area (Å²) in [7, 11) is 3.06. The van der Waals surface area contributed by atoms with Crippen molar-refractivity contribution in [1.82, 2.24) is 24.8 Å². The number of carbonyl (C=O) groups excluding carboxylic acids is 1. The smallest absolute Gasteiger partial charge is 0.328 e. The standard InChI is InChI=1S/C19H22N6O3S/c1-10-13(4-5-14(21-10)17(26)20-2)22-11-7-25(8-11)9-12-6-15-16(29-12)18(27)24(3)19(28)23-15/h4-6,11,22H,7-9H2,1-3H3,(H,20,26)(H,23,28). The van der Waals surface area contributed by atoms with Gasteiger partial charge in [0.25, 0.3) is 11.5 Å². The summed E-state index contributed by atoms with van der Waals surface area (Å²) in [6.07, 6.45) is 0. The zero-order valence-corrected chi connectivity index (χ0v) is 17.2. The molecule has 0 atom stereocenters. The molecule has 0 unspecified atom stereocenters. The summed E-state index contributed by atoms with van der Waals surface area (Å²) in [5, 5.41) is 6.04. The number of amides is 1. The van der Waals surface area contributed by atoms with Crippen LogP contribution in [0.15, 0.2) is 27.8 Å². The summed E-state index contributed by atoms with van der Waals surface area (Å²) in [6, 6.07) is 5.77. The zero-order valence-electron chi connectivity index (χ0n) is 16.4. The Hall–Kier alpha value is -2.98. The van der Waals surface area contributed by atoms with Gasteiger partial charge in [0.05, 0.1) is 22.9 Å². The molecule has 29 heavy (non-hydrogen) atoms. The molecule has 3 aromatic heterocycles. The van der Waals surface area contributed by atoms with Gasteiger partial charge in [-0.2, -0.15) is 0 Å². The normalized spacial score (nSPS) is 14.7. The van der Waals surface area contributed by atoms with E-state index in [9.17, 15) is 14.4 Å². The molecule has 0 bridgehead atoms. The Morgan fingerprint density at radius 1 is 1.34 bits per heavy atom. The Morgan fingerprint density at radius 2 is 2.10 bits per heavy atom. The number of pyridine rings is 1. The molecule has 152 valence electrons. The molecule has 1 fully saturated rings. The minimum Gasteiger partial charge on any atom is -0.378 e. The van der Waals surface area contributed by atoms with Crippen LogP contribution < -0.4 is 21.9 Å². The molecule has 1 saturated heterocycles. The van der Waals surface area contributed by atoms with Crippen molar-refractivity contribution in [3.8, 4) is 0 Å². The lowest BCUT2D eigenvalue weighted by Crippen LogP contribution is -2.54. The Kier molecular flexibility index (Phi) is 4.97. The van der Waals surface area contributed by atoms with Gasteiger partial charge in [0.15, 0.2) is 0 Å². The third kappa shape index (κ3) is 3.68. The maximum Gasteiger partial charge on any atom is 0.328 e. The largest absolute Gasteiger partial charge is 0.378 e. The number of hydrogen-bond acceptors (Lipinski definition) is 7. The van der Waals surface area contributed by atoms with Crippen LogP contribution in [0.4, 0.5) is 5.69 Å². The average Bonchev–Trinajstić information content (AvgIpc) is 3.07. The van der Waals surface area contributed by atoms with E-state index in [4.69, 9.17) is 0 Å². The van der Waals surface area contributed by atoms with Gasteiger partial charge in [-0.1, -0.05) is 0 Å². The molecule has 0 spiro atoms. The molecule has 10 heteroatoms. The maximum absolute atomic E-state index is 12.2. The first-order valence-corrected chi connectivity index (χ1v) is 10.1. The van der Waals surface area contributed by atoms with Gasteiger partial charge in [-0.25, -0.2) is 9.78 Å². The number of H-pyrrole nitrogens is 1. The van der Waals surface area contributed by atoms with Gasteiger partial charge in [0.1, 0.15) is 10.4 Å². The summed E-state index contributed by atoms with van der Waals surface area (Å²) in [4.78, 5) is 46.0. The highest BCUT2D eigenvalue weighted by atomic mass is 32.1. The van der Waals surface area contributed by atoms with Crippen LogP contribution in [0.25, 0.3) is 10.2 Å². The fraction of sp³-hybridized carbons (Fsp3) is 0.368. The quantitative estimate of drug-likeness (QED) is 0.565. The van der Waals surface area contributed by atoms with Gasteiger partial charge in [0, 0.05) is 38.6 Å². The van der Waals surface area contributed by atoms with E-state index in [2.05, 4.69) is 25.5 Å². The summed E-state index contributed by atoms with van der Waals surface area (Å²) >= 11 is 1.43. The van der Waals surface area contributed by atoms with Crippen LogP contribution in [-0.4, -0.2) is 51.5 Å². The van der Waals surface area contributed by atoms with Crippen LogP contribution in [-0.2, 0) is 13.6 Å². The summed E-state index contributed by atoms with van der Waals surface area (Å²) in [5.74, 6) is -0.200. The number of anilines is 1. The lowest BCUT2D eigenvalue weighted by atomic mass is 10.1. The van der Waals surface area contributed by atoms with E-state index in [1.54, 1.807) is 13.1 Å². The van der Waals surface area contributed by atoms with Crippen LogP contribution >= 0.6 is 11.3 Å². The van der Waals surface area contributed by atoms with Crippen molar-refractivity contribution in [3.63, 3.8) is 0 Å². The number of aromatic amines is 1. The van der Waals surface area contributed by atoms with Gasteiger partial charge in [0.2, 0.25) is 0 Å². The fourth-order valence-corrected chi connectivity index (χ4v) is 4.54. The lowest BCUT2D eigenvalue weighted by Gasteiger charge is -2.40. The van der Waals surface area contributed by atoms with Gasteiger partial charge >= 0.3 is 5.69 Å². The van der Waals surface area contributed by atoms with E-state index in [-0.39, 0.29) is 11.5 Å². The Labute approximate surface area is 170 Å². The minimum atomic E-state index is -0.397. The van der Waals surface area contributed by atoms with Crippen molar-refractivity contribution >= 4 is 33.1 Å². The molecule has 0 aliphatic carbocycles. The molecule has 0 saturated carbocycles. The number of aryl methyl sites for hydroxylation is 1. The monoisotopic (exact) mass is 414 g/mol. The molecule has 1 aliphatic rings. The third-order valence-electron chi connectivity index (χ3n) is 5.07. The Bertz CT molecular complexity index is 1200. The predicted molar refractivity (Wildman–Crippen MR) is 113 cm³/mol. The van der Waals surface area contributed by atoms with Crippen LogP contribution in [0.3, 0.4) is 0 Å². The number of fused-ring (bicyclic) bond motifs is 1. The molecular formula is C19H22N6O3S. The van der Waals surface area contributed by atoms with E-state index in [0.29, 0.717) is 22.0 Å². The average molecular weight is 414 g/mol. The fourth-order valence-electron chi connectivity index (χ4n) is 3.41. The van der Waals surface area contributed by atoms with Crippen molar-refractivity contribution in [3.05, 3.63) is 55.3 Å². The van der Waals surface area contributed by atoms with E-state index in [0.717, 1.165) is 40.5 Å². The van der Waals surface area contributed by atoms with E-state index in [1.165, 1.54) is 18.4 Å². The molecule has 0 aromatic carbocycles. The van der Waals surface area contributed by atoms with Crippen LogP contribution in [0, 0.1) is 6.92 Å². The lowest BCUT2D eigenvalue weighted by molar-refractivity contribution is 0.0958. The first-order valence-electron chi connectivity index (χ1n) is 9.26. The predicted octanol–water partition coefficient (Wildman–Crippen LogP) is 0.648. The Balaban J connectivity index is 1.38. The second-order valence-electron chi connectivity index (χ2n) is 7.19. The van der Waals surface area contributed by atoms with Gasteiger partial charge in [-0.3, -0.25) is 19.1 Å². The van der Waals surface area contributed by atoms with Crippen LogP contribution in [0.1, 0.15) is 21.1 Å². The number of nitrogens with zero attached hydrogens (tertiary/aromatic N) is 3.